The largest absolute Gasteiger partial charge is 0.360 e. The number of nitrogens with zero attached hydrogens (tertiary/aromatic N) is 1. The Balaban J connectivity index is 2.01. The lowest BCUT2D eigenvalue weighted by molar-refractivity contribution is 0.0892. The van der Waals surface area contributed by atoms with Crippen LogP contribution in [0.1, 0.15) is 28.8 Å². The fourth-order valence-corrected chi connectivity index (χ4v) is 2.86. The third-order valence-electron chi connectivity index (χ3n) is 3.93. The average molecular weight is 242 g/mol. The number of carbonyl (C=O) groups is 1. The maximum Gasteiger partial charge on any atom is 0.182 e. The van der Waals surface area contributed by atoms with E-state index in [4.69, 9.17) is 0 Å². The molecule has 2 heterocycles. The van der Waals surface area contributed by atoms with Crippen molar-refractivity contribution >= 4 is 16.7 Å². The second kappa shape index (κ2) is 4.25. The highest BCUT2D eigenvalue weighted by Gasteiger charge is 2.29. The highest BCUT2D eigenvalue weighted by Crippen LogP contribution is 2.25. The zero-order chi connectivity index (χ0) is 12.7. The molecular weight excluding hydrogens is 224 g/mol. The molecule has 18 heavy (non-hydrogen) atoms. The Hall–Kier alpha value is -1.61. The SMILES string of the molecule is Cc1ccc2c(C(=O)[C@@H]3CCCN3C)c[nH]c2c1. The van der Waals surface area contributed by atoms with Crippen molar-refractivity contribution in [3.8, 4) is 0 Å². The minimum absolute atomic E-state index is 0.0605. The number of likely N-dealkylation sites (tertiary alicyclic amines) is 1. The first-order valence-corrected chi connectivity index (χ1v) is 6.49. The first-order valence-electron chi connectivity index (χ1n) is 6.49. The number of hydrogen-bond acceptors (Lipinski definition) is 2. The summed E-state index contributed by atoms with van der Waals surface area (Å²) in [6, 6.07) is 6.25. The van der Waals surface area contributed by atoms with Gasteiger partial charge in [-0.25, -0.2) is 0 Å². The average Bonchev–Trinajstić information content (AvgIpc) is 2.94. The Labute approximate surface area is 107 Å². The van der Waals surface area contributed by atoms with Crippen LogP contribution >= 0.6 is 0 Å². The summed E-state index contributed by atoms with van der Waals surface area (Å²) in [7, 11) is 2.04. The molecule has 1 aromatic heterocycles. The smallest absolute Gasteiger partial charge is 0.182 e. The van der Waals surface area contributed by atoms with Gasteiger partial charge in [0, 0.05) is 22.7 Å². The monoisotopic (exact) mass is 242 g/mol. The van der Waals surface area contributed by atoms with Crippen LogP contribution in [0.4, 0.5) is 0 Å². The third-order valence-corrected chi connectivity index (χ3v) is 3.93. The molecule has 0 saturated carbocycles. The van der Waals surface area contributed by atoms with Crippen molar-refractivity contribution in [3.05, 3.63) is 35.5 Å². The zero-order valence-corrected chi connectivity index (χ0v) is 10.9. The number of aryl methyl sites for hydroxylation is 1. The van der Waals surface area contributed by atoms with Gasteiger partial charge in [-0.05, 0) is 45.0 Å². The summed E-state index contributed by atoms with van der Waals surface area (Å²) in [5.74, 6) is 0.255. The maximum atomic E-state index is 12.6. The van der Waals surface area contributed by atoms with Crippen molar-refractivity contribution in [3.63, 3.8) is 0 Å². The van der Waals surface area contributed by atoms with E-state index in [9.17, 15) is 4.79 Å². The quantitative estimate of drug-likeness (QED) is 0.822. The minimum atomic E-state index is 0.0605. The molecule has 3 rings (SSSR count). The number of fused-ring (bicyclic) bond motifs is 1. The molecular formula is C15H18N2O. The second-order valence-corrected chi connectivity index (χ2v) is 5.25. The number of hydrogen-bond donors (Lipinski definition) is 1. The molecule has 94 valence electrons. The molecule has 0 unspecified atom stereocenters. The van der Waals surface area contributed by atoms with Crippen LogP contribution in [0.25, 0.3) is 10.9 Å². The van der Waals surface area contributed by atoms with Crippen molar-refractivity contribution in [1.82, 2.24) is 9.88 Å². The van der Waals surface area contributed by atoms with E-state index < -0.39 is 0 Å². The Morgan fingerprint density at radius 1 is 1.44 bits per heavy atom. The van der Waals surface area contributed by atoms with Gasteiger partial charge in [0.15, 0.2) is 5.78 Å². The highest BCUT2D eigenvalue weighted by atomic mass is 16.1. The third kappa shape index (κ3) is 1.75. The van der Waals surface area contributed by atoms with E-state index >= 15 is 0 Å². The number of carbonyl (C=O) groups excluding carboxylic acids is 1. The van der Waals surface area contributed by atoms with Gasteiger partial charge < -0.3 is 4.98 Å². The summed E-state index contributed by atoms with van der Waals surface area (Å²) in [4.78, 5) is 17.9. The van der Waals surface area contributed by atoms with Crippen LogP contribution < -0.4 is 0 Å². The summed E-state index contributed by atoms with van der Waals surface area (Å²) >= 11 is 0. The molecule has 3 heteroatoms. The number of aromatic amines is 1. The van der Waals surface area contributed by atoms with Gasteiger partial charge in [0.1, 0.15) is 0 Å². The molecule has 1 atom stereocenters. The van der Waals surface area contributed by atoms with Crippen molar-refractivity contribution in [2.24, 2.45) is 0 Å². The lowest BCUT2D eigenvalue weighted by Gasteiger charge is -2.17. The molecule has 1 aliphatic rings. The van der Waals surface area contributed by atoms with E-state index in [-0.39, 0.29) is 11.8 Å². The Bertz CT molecular complexity index is 600. The number of nitrogens with one attached hydrogen (secondary N) is 1. The Morgan fingerprint density at radius 3 is 3.00 bits per heavy atom. The normalized spacial score (nSPS) is 20.7. The van der Waals surface area contributed by atoms with E-state index in [2.05, 4.69) is 28.9 Å². The number of Topliss-reactive ketones (excluding diaryl/α,β-unsaturated/α-hetero) is 1. The number of likely N-dealkylation sites (N-methyl/N-ethyl adjacent to an activating group) is 1. The molecule has 1 fully saturated rings. The lowest BCUT2D eigenvalue weighted by Crippen LogP contribution is -2.32. The van der Waals surface area contributed by atoms with Gasteiger partial charge in [-0.15, -0.1) is 0 Å². The van der Waals surface area contributed by atoms with Crippen molar-refractivity contribution in [2.45, 2.75) is 25.8 Å². The van der Waals surface area contributed by atoms with E-state index in [0.29, 0.717) is 0 Å². The predicted molar refractivity (Wildman–Crippen MR) is 73.0 cm³/mol. The first kappa shape index (κ1) is 11.5. The van der Waals surface area contributed by atoms with Gasteiger partial charge in [-0.3, -0.25) is 9.69 Å². The number of H-pyrrole nitrogens is 1. The van der Waals surface area contributed by atoms with E-state index in [0.717, 1.165) is 35.9 Å². The van der Waals surface area contributed by atoms with Gasteiger partial charge >= 0.3 is 0 Å². The lowest BCUT2D eigenvalue weighted by atomic mass is 10.0. The molecule has 1 saturated heterocycles. The van der Waals surface area contributed by atoms with Crippen molar-refractivity contribution in [2.75, 3.05) is 13.6 Å². The molecule has 1 N–H and O–H groups in total. The predicted octanol–water partition coefficient (Wildman–Crippen LogP) is 2.75. The summed E-state index contributed by atoms with van der Waals surface area (Å²) < 4.78 is 0. The molecule has 2 aromatic rings. The molecule has 0 aliphatic carbocycles. The van der Waals surface area contributed by atoms with Crippen LogP contribution in [0.5, 0.6) is 0 Å². The van der Waals surface area contributed by atoms with Crippen LogP contribution in [-0.2, 0) is 0 Å². The fourth-order valence-electron chi connectivity index (χ4n) is 2.86. The summed E-state index contributed by atoms with van der Waals surface area (Å²) in [5.41, 5.74) is 3.10. The summed E-state index contributed by atoms with van der Waals surface area (Å²) in [5, 5.41) is 1.05. The van der Waals surface area contributed by atoms with E-state index in [1.54, 1.807) is 0 Å². The van der Waals surface area contributed by atoms with Crippen LogP contribution in [0.2, 0.25) is 0 Å². The minimum Gasteiger partial charge on any atom is -0.360 e. The standard InChI is InChI=1S/C15H18N2O/c1-10-5-6-11-12(9-16-13(11)8-10)15(18)14-4-3-7-17(14)2/h5-6,8-9,14,16H,3-4,7H2,1-2H3/t14-/m0/s1. The zero-order valence-electron chi connectivity index (χ0n) is 10.9. The van der Waals surface area contributed by atoms with Crippen molar-refractivity contribution in [1.29, 1.82) is 0 Å². The molecule has 1 aliphatic heterocycles. The first-order chi connectivity index (χ1) is 8.66. The Kier molecular flexibility index (Phi) is 2.71. The number of benzene rings is 1. The molecule has 3 nitrogen and oxygen atoms in total. The molecule has 0 spiro atoms. The van der Waals surface area contributed by atoms with E-state index in [1.165, 1.54) is 5.56 Å². The molecule has 0 bridgehead atoms. The number of ketones is 1. The van der Waals surface area contributed by atoms with Gasteiger partial charge in [-0.1, -0.05) is 12.1 Å². The molecule has 0 radical (unpaired) electrons. The van der Waals surface area contributed by atoms with Gasteiger partial charge in [0.2, 0.25) is 0 Å². The van der Waals surface area contributed by atoms with Crippen LogP contribution in [0, 0.1) is 6.92 Å². The van der Waals surface area contributed by atoms with E-state index in [1.807, 2.05) is 19.3 Å². The van der Waals surface area contributed by atoms with Crippen LogP contribution in [0.15, 0.2) is 24.4 Å². The molecule has 1 aromatic carbocycles. The fraction of sp³-hybridized carbons (Fsp3) is 0.400. The highest BCUT2D eigenvalue weighted by molar-refractivity contribution is 6.10. The number of rotatable bonds is 2. The van der Waals surface area contributed by atoms with Crippen LogP contribution in [0.3, 0.4) is 0 Å². The second-order valence-electron chi connectivity index (χ2n) is 5.25. The molecule has 0 amide bonds. The topological polar surface area (TPSA) is 36.1 Å². The van der Waals surface area contributed by atoms with Gasteiger partial charge in [-0.2, -0.15) is 0 Å². The number of aromatic nitrogens is 1. The maximum absolute atomic E-state index is 12.6. The van der Waals surface area contributed by atoms with Gasteiger partial charge in [0.05, 0.1) is 6.04 Å². The summed E-state index contributed by atoms with van der Waals surface area (Å²) in [6.07, 6.45) is 3.96. The van der Waals surface area contributed by atoms with Gasteiger partial charge in [0.25, 0.3) is 0 Å². The Morgan fingerprint density at radius 2 is 2.28 bits per heavy atom. The van der Waals surface area contributed by atoms with Crippen LogP contribution in [-0.4, -0.2) is 35.3 Å². The van der Waals surface area contributed by atoms with Crippen molar-refractivity contribution < 1.29 is 4.79 Å². The summed E-state index contributed by atoms with van der Waals surface area (Å²) in [6.45, 7) is 3.09.